The molecule has 0 amide bonds. The molecular weight excluding hydrogens is 374 g/mol. The van der Waals surface area contributed by atoms with E-state index < -0.39 is 0 Å². The maximum atomic E-state index is 11.7. The number of benzene rings is 2. The van der Waals surface area contributed by atoms with Gasteiger partial charge in [0.1, 0.15) is 0 Å². The van der Waals surface area contributed by atoms with E-state index in [-0.39, 0.29) is 12.8 Å². The van der Waals surface area contributed by atoms with Crippen LogP contribution in [0.15, 0.2) is 48.7 Å². The number of nitrogens with zero attached hydrogens (tertiary/aromatic N) is 3. The molecule has 4 rings (SSSR count). The van der Waals surface area contributed by atoms with Crippen LogP contribution >= 0.6 is 0 Å². The highest BCUT2D eigenvalue weighted by Gasteiger charge is 2.13. The first kappa shape index (κ1) is 18.5. The number of carbonyl (C=O) groups excluding carboxylic acids is 1. The standard InChI is InChI=1S/C20H19N5O4/c1-2-27-19(26)14-4-6-15(7-5-14)23-18-11-22-25-20(24-18)21-10-13-3-8-16-17(9-13)29-12-28-16/h3-9,11H,2,10,12H2,1H3,(H2,21,23,24,25). The zero-order valence-corrected chi connectivity index (χ0v) is 15.7. The Hall–Kier alpha value is -3.88. The molecule has 0 bridgehead atoms. The smallest absolute Gasteiger partial charge is 0.338 e. The summed E-state index contributed by atoms with van der Waals surface area (Å²) >= 11 is 0. The van der Waals surface area contributed by atoms with Crippen molar-refractivity contribution in [2.75, 3.05) is 24.0 Å². The molecular formula is C20H19N5O4. The lowest BCUT2D eigenvalue weighted by Crippen LogP contribution is -2.07. The molecule has 0 unspecified atom stereocenters. The first-order valence-electron chi connectivity index (χ1n) is 9.07. The Morgan fingerprint density at radius 2 is 1.97 bits per heavy atom. The van der Waals surface area contributed by atoms with E-state index in [0.29, 0.717) is 30.5 Å². The van der Waals surface area contributed by atoms with Gasteiger partial charge in [-0.05, 0) is 48.9 Å². The molecule has 0 spiro atoms. The van der Waals surface area contributed by atoms with Crippen LogP contribution in [0.4, 0.5) is 17.5 Å². The van der Waals surface area contributed by atoms with Gasteiger partial charge in [-0.3, -0.25) is 0 Å². The summed E-state index contributed by atoms with van der Waals surface area (Å²) in [6, 6.07) is 12.6. The normalized spacial score (nSPS) is 11.8. The maximum Gasteiger partial charge on any atom is 0.338 e. The molecule has 1 aliphatic rings. The van der Waals surface area contributed by atoms with Crippen LogP contribution in [0.5, 0.6) is 11.5 Å². The van der Waals surface area contributed by atoms with Gasteiger partial charge < -0.3 is 24.8 Å². The van der Waals surface area contributed by atoms with Gasteiger partial charge in [0, 0.05) is 12.2 Å². The third kappa shape index (κ3) is 4.52. The third-order valence-corrected chi connectivity index (χ3v) is 4.11. The molecule has 0 radical (unpaired) electrons. The minimum Gasteiger partial charge on any atom is -0.462 e. The van der Waals surface area contributed by atoms with Crippen LogP contribution in [0.3, 0.4) is 0 Å². The second-order valence-corrected chi connectivity index (χ2v) is 6.13. The zero-order valence-electron chi connectivity index (χ0n) is 15.7. The van der Waals surface area contributed by atoms with E-state index >= 15 is 0 Å². The first-order valence-corrected chi connectivity index (χ1v) is 9.07. The number of anilines is 3. The third-order valence-electron chi connectivity index (χ3n) is 4.11. The number of hydrogen-bond donors (Lipinski definition) is 2. The van der Waals surface area contributed by atoms with Crippen molar-refractivity contribution in [3.05, 3.63) is 59.8 Å². The van der Waals surface area contributed by atoms with Gasteiger partial charge in [0.15, 0.2) is 17.3 Å². The van der Waals surface area contributed by atoms with Crippen molar-refractivity contribution in [2.24, 2.45) is 0 Å². The highest BCUT2D eigenvalue weighted by Crippen LogP contribution is 2.32. The van der Waals surface area contributed by atoms with Gasteiger partial charge in [-0.15, -0.1) is 5.10 Å². The summed E-state index contributed by atoms with van der Waals surface area (Å²) in [7, 11) is 0. The number of fused-ring (bicyclic) bond motifs is 1. The molecule has 0 atom stereocenters. The Morgan fingerprint density at radius 3 is 2.79 bits per heavy atom. The highest BCUT2D eigenvalue weighted by atomic mass is 16.7. The van der Waals surface area contributed by atoms with Crippen LogP contribution in [0.2, 0.25) is 0 Å². The van der Waals surface area contributed by atoms with E-state index in [1.165, 1.54) is 6.20 Å². The van der Waals surface area contributed by atoms with Gasteiger partial charge in [0.25, 0.3) is 0 Å². The first-order chi connectivity index (χ1) is 14.2. The maximum absolute atomic E-state index is 11.7. The summed E-state index contributed by atoms with van der Waals surface area (Å²) < 4.78 is 15.7. The second-order valence-electron chi connectivity index (χ2n) is 6.13. The monoisotopic (exact) mass is 393 g/mol. The molecule has 0 saturated carbocycles. The van der Waals surface area contributed by atoms with Crippen molar-refractivity contribution in [3.63, 3.8) is 0 Å². The van der Waals surface area contributed by atoms with Crippen molar-refractivity contribution in [1.29, 1.82) is 0 Å². The van der Waals surface area contributed by atoms with E-state index in [1.807, 2.05) is 18.2 Å². The summed E-state index contributed by atoms with van der Waals surface area (Å²) in [6.07, 6.45) is 1.52. The summed E-state index contributed by atoms with van der Waals surface area (Å²) in [5, 5.41) is 14.2. The van der Waals surface area contributed by atoms with Gasteiger partial charge in [0.2, 0.25) is 12.7 Å². The molecule has 1 aliphatic heterocycles. The SMILES string of the molecule is CCOC(=O)c1ccc(Nc2cnnc(NCc3ccc4c(c3)OCO4)n2)cc1. The van der Waals surface area contributed by atoms with Crippen LogP contribution in [-0.2, 0) is 11.3 Å². The van der Waals surface area contributed by atoms with E-state index in [9.17, 15) is 4.79 Å². The molecule has 9 nitrogen and oxygen atoms in total. The van der Waals surface area contributed by atoms with Crippen LogP contribution < -0.4 is 20.1 Å². The van der Waals surface area contributed by atoms with Gasteiger partial charge in [-0.25, -0.2) is 4.79 Å². The summed E-state index contributed by atoms with van der Waals surface area (Å²) in [5.41, 5.74) is 2.26. The lowest BCUT2D eigenvalue weighted by molar-refractivity contribution is 0.0526. The lowest BCUT2D eigenvalue weighted by atomic mass is 10.2. The minimum absolute atomic E-state index is 0.244. The Labute approximate surface area is 167 Å². The van der Waals surface area contributed by atoms with E-state index in [2.05, 4.69) is 25.8 Å². The number of nitrogens with one attached hydrogen (secondary N) is 2. The zero-order chi connectivity index (χ0) is 20.1. The fourth-order valence-corrected chi connectivity index (χ4v) is 2.72. The quantitative estimate of drug-likeness (QED) is 0.585. The molecule has 2 aromatic carbocycles. The molecule has 2 heterocycles. The van der Waals surface area contributed by atoms with E-state index in [4.69, 9.17) is 14.2 Å². The number of ether oxygens (including phenoxy) is 3. The van der Waals surface area contributed by atoms with Gasteiger partial charge >= 0.3 is 5.97 Å². The molecule has 3 aromatic rings. The molecule has 0 fully saturated rings. The molecule has 0 aliphatic carbocycles. The predicted molar refractivity (Wildman–Crippen MR) is 105 cm³/mol. The van der Waals surface area contributed by atoms with Crippen LogP contribution in [0.1, 0.15) is 22.8 Å². The number of rotatable bonds is 7. The van der Waals surface area contributed by atoms with E-state index in [1.54, 1.807) is 31.2 Å². The molecule has 2 N–H and O–H groups in total. The minimum atomic E-state index is -0.349. The van der Waals surface area contributed by atoms with E-state index in [0.717, 1.165) is 22.7 Å². The Morgan fingerprint density at radius 1 is 1.14 bits per heavy atom. The predicted octanol–water partition coefficient (Wildman–Crippen LogP) is 3.13. The largest absolute Gasteiger partial charge is 0.462 e. The molecule has 148 valence electrons. The molecule has 0 saturated heterocycles. The molecule has 29 heavy (non-hydrogen) atoms. The Balaban J connectivity index is 1.38. The second kappa shape index (κ2) is 8.42. The van der Waals surface area contributed by atoms with Crippen LogP contribution in [-0.4, -0.2) is 34.6 Å². The molecule has 9 heteroatoms. The van der Waals surface area contributed by atoms with Crippen LogP contribution in [0.25, 0.3) is 0 Å². The van der Waals surface area contributed by atoms with Crippen molar-refractivity contribution in [2.45, 2.75) is 13.5 Å². The Kier molecular flexibility index (Phi) is 5.37. The van der Waals surface area contributed by atoms with Gasteiger partial charge in [-0.2, -0.15) is 10.1 Å². The highest BCUT2D eigenvalue weighted by molar-refractivity contribution is 5.89. The van der Waals surface area contributed by atoms with Crippen molar-refractivity contribution in [1.82, 2.24) is 15.2 Å². The number of esters is 1. The van der Waals surface area contributed by atoms with Gasteiger partial charge in [-0.1, -0.05) is 6.07 Å². The van der Waals surface area contributed by atoms with Gasteiger partial charge in [0.05, 0.1) is 18.4 Å². The average molecular weight is 393 g/mol. The van der Waals surface area contributed by atoms with Crippen molar-refractivity contribution >= 4 is 23.4 Å². The lowest BCUT2D eigenvalue weighted by Gasteiger charge is -2.09. The summed E-state index contributed by atoms with van der Waals surface area (Å²) in [4.78, 5) is 16.1. The number of hydrogen-bond acceptors (Lipinski definition) is 9. The fraction of sp³-hybridized carbons (Fsp3) is 0.200. The number of carbonyl (C=O) groups is 1. The number of aromatic nitrogens is 3. The van der Waals surface area contributed by atoms with Crippen molar-refractivity contribution in [3.8, 4) is 11.5 Å². The fourth-order valence-electron chi connectivity index (χ4n) is 2.72. The average Bonchev–Trinajstić information content (AvgIpc) is 3.21. The Bertz CT molecular complexity index is 1010. The summed E-state index contributed by atoms with van der Waals surface area (Å²) in [5.74, 6) is 2.03. The summed E-state index contributed by atoms with van der Waals surface area (Å²) in [6.45, 7) is 2.87. The van der Waals surface area contributed by atoms with Crippen LogP contribution in [0, 0.1) is 0 Å². The van der Waals surface area contributed by atoms with Crippen molar-refractivity contribution < 1.29 is 19.0 Å². The topological polar surface area (TPSA) is 107 Å². The molecule has 1 aromatic heterocycles.